The lowest BCUT2D eigenvalue weighted by atomic mass is 10.2. The summed E-state index contributed by atoms with van der Waals surface area (Å²) < 4.78 is 0. The molecule has 0 radical (unpaired) electrons. The number of ketones is 1. The molecule has 3 heteroatoms. The molecule has 1 unspecified atom stereocenters. The van der Waals surface area contributed by atoms with E-state index in [-0.39, 0.29) is 5.78 Å². The zero-order valence-corrected chi connectivity index (χ0v) is 10.1. The van der Waals surface area contributed by atoms with Crippen molar-refractivity contribution >= 4 is 17.1 Å². The number of nitrogens with zero attached hydrogens (tertiary/aromatic N) is 1. The Kier molecular flexibility index (Phi) is 3.22. The minimum Gasteiger partial charge on any atom is -0.293 e. The Hall–Kier alpha value is -0.670. The van der Waals surface area contributed by atoms with Crippen LogP contribution in [-0.2, 0) is 0 Å². The number of carbonyl (C=O) groups excluding carboxylic acids is 1. The maximum Gasteiger partial charge on any atom is 0.186 e. The number of hydrogen-bond donors (Lipinski definition) is 0. The average molecular weight is 223 g/mol. The number of Topliss-reactive ketones (excluding diaryl/α,β-unsaturated/α-hetero) is 1. The zero-order valence-electron chi connectivity index (χ0n) is 9.32. The van der Waals surface area contributed by atoms with E-state index in [0.29, 0.717) is 12.6 Å². The second-order valence-corrected chi connectivity index (χ2v) is 5.58. The van der Waals surface area contributed by atoms with E-state index in [1.54, 1.807) is 11.3 Å². The SMILES string of the molecule is Cc1ccc(C(=O)CN2CCCC2C)s1. The smallest absolute Gasteiger partial charge is 0.186 e. The fourth-order valence-electron chi connectivity index (χ4n) is 2.07. The first kappa shape index (κ1) is 10.8. The van der Waals surface area contributed by atoms with Crippen molar-refractivity contribution in [3.05, 3.63) is 21.9 Å². The molecule has 1 aliphatic rings. The Morgan fingerprint density at radius 2 is 2.40 bits per heavy atom. The van der Waals surface area contributed by atoms with Crippen molar-refractivity contribution in [2.75, 3.05) is 13.1 Å². The van der Waals surface area contributed by atoms with Crippen LogP contribution in [0.3, 0.4) is 0 Å². The van der Waals surface area contributed by atoms with Gasteiger partial charge in [0.2, 0.25) is 0 Å². The molecule has 0 saturated carbocycles. The molecule has 0 aromatic carbocycles. The van der Waals surface area contributed by atoms with Crippen molar-refractivity contribution in [2.24, 2.45) is 0 Å². The fraction of sp³-hybridized carbons (Fsp3) is 0.583. The van der Waals surface area contributed by atoms with Gasteiger partial charge in [-0.3, -0.25) is 9.69 Å². The van der Waals surface area contributed by atoms with Crippen LogP contribution in [0.5, 0.6) is 0 Å². The third kappa shape index (κ3) is 2.47. The molecule has 1 aliphatic heterocycles. The van der Waals surface area contributed by atoms with E-state index < -0.39 is 0 Å². The molecule has 1 fully saturated rings. The van der Waals surface area contributed by atoms with Crippen LogP contribution in [0, 0.1) is 6.92 Å². The second kappa shape index (κ2) is 4.45. The highest BCUT2D eigenvalue weighted by Crippen LogP contribution is 2.19. The molecule has 2 nitrogen and oxygen atoms in total. The summed E-state index contributed by atoms with van der Waals surface area (Å²) in [7, 11) is 0. The number of rotatable bonds is 3. The standard InChI is InChI=1S/C12H17NOS/c1-9-4-3-7-13(9)8-11(14)12-6-5-10(2)15-12/h5-6,9H,3-4,7-8H2,1-2H3. The van der Waals surface area contributed by atoms with Gasteiger partial charge in [-0.15, -0.1) is 11.3 Å². The van der Waals surface area contributed by atoms with Gasteiger partial charge in [-0.05, 0) is 45.4 Å². The lowest BCUT2D eigenvalue weighted by Gasteiger charge is -2.19. The van der Waals surface area contributed by atoms with Gasteiger partial charge in [-0.1, -0.05) is 0 Å². The lowest BCUT2D eigenvalue weighted by Crippen LogP contribution is -2.32. The predicted octanol–water partition coefficient (Wildman–Crippen LogP) is 2.72. The van der Waals surface area contributed by atoms with E-state index in [1.165, 1.54) is 17.7 Å². The highest BCUT2D eigenvalue weighted by atomic mass is 32.1. The Bertz CT molecular complexity index is 358. The van der Waals surface area contributed by atoms with Crippen LogP contribution < -0.4 is 0 Å². The number of thiophene rings is 1. The van der Waals surface area contributed by atoms with Crippen LogP contribution in [-0.4, -0.2) is 29.8 Å². The van der Waals surface area contributed by atoms with Crippen LogP contribution in [0.1, 0.15) is 34.3 Å². The van der Waals surface area contributed by atoms with Gasteiger partial charge in [-0.2, -0.15) is 0 Å². The average Bonchev–Trinajstić information content (AvgIpc) is 2.77. The van der Waals surface area contributed by atoms with E-state index in [1.807, 2.05) is 19.1 Å². The minimum absolute atomic E-state index is 0.279. The minimum atomic E-state index is 0.279. The van der Waals surface area contributed by atoms with Crippen molar-refractivity contribution in [3.63, 3.8) is 0 Å². The number of carbonyl (C=O) groups is 1. The first-order valence-electron chi connectivity index (χ1n) is 5.50. The summed E-state index contributed by atoms with van der Waals surface area (Å²) in [5, 5.41) is 0. The molecule has 2 rings (SSSR count). The first-order valence-corrected chi connectivity index (χ1v) is 6.32. The molecule has 1 aromatic heterocycles. The van der Waals surface area contributed by atoms with Crippen molar-refractivity contribution in [1.82, 2.24) is 4.90 Å². The normalized spacial score (nSPS) is 22.1. The first-order chi connectivity index (χ1) is 7.16. The van der Waals surface area contributed by atoms with Crippen LogP contribution in [0.2, 0.25) is 0 Å². The van der Waals surface area contributed by atoms with Gasteiger partial charge in [0.25, 0.3) is 0 Å². The van der Waals surface area contributed by atoms with Crippen LogP contribution in [0.25, 0.3) is 0 Å². The summed E-state index contributed by atoms with van der Waals surface area (Å²) in [6.07, 6.45) is 2.47. The van der Waals surface area contributed by atoms with Gasteiger partial charge in [0.05, 0.1) is 11.4 Å². The largest absolute Gasteiger partial charge is 0.293 e. The molecular formula is C12H17NOS. The topological polar surface area (TPSA) is 20.3 Å². The maximum atomic E-state index is 11.9. The summed E-state index contributed by atoms with van der Waals surface area (Å²) in [6, 6.07) is 4.55. The van der Waals surface area contributed by atoms with E-state index in [2.05, 4.69) is 11.8 Å². The quantitative estimate of drug-likeness (QED) is 0.734. The summed E-state index contributed by atoms with van der Waals surface area (Å²) in [5.41, 5.74) is 0. The van der Waals surface area contributed by atoms with E-state index >= 15 is 0 Å². The number of hydrogen-bond acceptors (Lipinski definition) is 3. The van der Waals surface area contributed by atoms with Gasteiger partial charge in [0.15, 0.2) is 5.78 Å². The Morgan fingerprint density at radius 3 is 2.93 bits per heavy atom. The van der Waals surface area contributed by atoms with Gasteiger partial charge in [0.1, 0.15) is 0 Å². The monoisotopic (exact) mass is 223 g/mol. The molecule has 0 amide bonds. The summed E-state index contributed by atoms with van der Waals surface area (Å²) in [6.45, 7) is 5.93. The number of aryl methyl sites for hydroxylation is 1. The zero-order chi connectivity index (χ0) is 10.8. The molecule has 0 bridgehead atoms. The second-order valence-electron chi connectivity index (χ2n) is 4.30. The van der Waals surface area contributed by atoms with Gasteiger partial charge in [-0.25, -0.2) is 0 Å². The van der Waals surface area contributed by atoms with Gasteiger partial charge in [0, 0.05) is 10.9 Å². The number of likely N-dealkylation sites (tertiary alicyclic amines) is 1. The van der Waals surface area contributed by atoms with Gasteiger partial charge >= 0.3 is 0 Å². The Labute approximate surface area is 94.9 Å². The molecule has 82 valence electrons. The van der Waals surface area contributed by atoms with Crippen molar-refractivity contribution < 1.29 is 4.79 Å². The van der Waals surface area contributed by atoms with Gasteiger partial charge < -0.3 is 0 Å². The van der Waals surface area contributed by atoms with Crippen molar-refractivity contribution in [1.29, 1.82) is 0 Å². The highest BCUT2D eigenvalue weighted by molar-refractivity contribution is 7.14. The highest BCUT2D eigenvalue weighted by Gasteiger charge is 2.23. The predicted molar refractivity (Wildman–Crippen MR) is 63.7 cm³/mol. The Morgan fingerprint density at radius 1 is 1.60 bits per heavy atom. The summed E-state index contributed by atoms with van der Waals surface area (Å²) in [5.74, 6) is 0.279. The van der Waals surface area contributed by atoms with Crippen molar-refractivity contribution in [3.8, 4) is 0 Å². The summed E-state index contributed by atoms with van der Waals surface area (Å²) in [4.78, 5) is 16.3. The van der Waals surface area contributed by atoms with Crippen LogP contribution in [0.15, 0.2) is 12.1 Å². The van der Waals surface area contributed by atoms with E-state index in [0.717, 1.165) is 11.4 Å². The molecule has 0 spiro atoms. The van der Waals surface area contributed by atoms with Crippen molar-refractivity contribution in [2.45, 2.75) is 32.7 Å². The molecule has 15 heavy (non-hydrogen) atoms. The Balaban J connectivity index is 1.97. The maximum absolute atomic E-state index is 11.9. The third-order valence-electron chi connectivity index (χ3n) is 3.05. The fourth-order valence-corrected chi connectivity index (χ4v) is 2.87. The van der Waals surface area contributed by atoms with E-state index in [9.17, 15) is 4.79 Å². The molecule has 0 N–H and O–H groups in total. The molecular weight excluding hydrogens is 206 g/mol. The van der Waals surface area contributed by atoms with E-state index in [4.69, 9.17) is 0 Å². The van der Waals surface area contributed by atoms with Crippen LogP contribution in [0.4, 0.5) is 0 Å². The summed E-state index contributed by atoms with van der Waals surface area (Å²) >= 11 is 1.60. The molecule has 1 saturated heterocycles. The van der Waals surface area contributed by atoms with Crippen LogP contribution >= 0.6 is 11.3 Å². The lowest BCUT2D eigenvalue weighted by molar-refractivity contribution is 0.0930. The molecule has 2 heterocycles. The molecule has 1 aromatic rings. The molecule has 1 atom stereocenters. The molecule has 0 aliphatic carbocycles. The third-order valence-corrected chi connectivity index (χ3v) is 4.09.